The minimum absolute atomic E-state index is 0.107. The predicted octanol–water partition coefficient (Wildman–Crippen LogP) is 7.31. The summed E-state index contributed by atoms with van der Waals surface area (Å²) in [6.45, 7) is -0.0502. The maximum atomic E-state index is 15.4. The number of hydrogen-bond donors (Lipinski definition) is 1. The van der Waals surface area contributed by atoms with Crippen molar-refractivity contribution in [3.05, 3.63) is 172 Å². The second-order valence-corrected chi connectivity index (χ2v) is 15.4. The number of anilines is 2. The number of amides is 4. The summed E-state index contributed by atoms with van der Waals surface area (Å²) < 4.78 is 5.69. The zero-order valence-corrected chi connectivity index (χ0v) is 31.4. The molecule has 5 aromatic rings. The van der Waals surface area contributed by atoms with Crippen LogP contribution < -0.4 is 14.5 Å². The zero-order valence-electron chi connectivity index (χ0n) is 30.7. The summed E-state index contributed by atoms with van der Waals surface area (Å²) in [7, 11) is 0. The Morgan fingerprint density at radius 1 is 0.719 bits per heavy atom. The number of nitrogens with zero attached hydrogens (tertiary/aromatic N) is 2. The van der Waals surface area contributed by atoms with Gasteiger partial charge in [-0.2, -0.15) is 0 Å². The first-order valence-corrected chi connectivity index (χ1v) is 19.4. The molecule has 5 aromatic carbocycles. The number of imide groups is 2. The molecule has 9 rings (SSSR count). The van der Waals surface area contributed by atoms with E-state index in [1.807, 2.05) is 54.6 Å². The van der Waals surface area contributed by atoms with E-state index in [2.05, 4.69) is 0 Å². The van der Waals surface area contributed by atoms with Crippen LogP contribution in [-0.2, 0) is 24.6 Å². The fourth-order valence-corrected chi connectivity index (χ4v) is 10.00. The molecule has 6 atom stereocenters. The zero-order chi connectivity index (χ0) is 39.4. The van der Waals surface area contributed by atoms with Crippen LogP contribution in [0.4, 0.5) is 11.4 Å². The van der Waals surface area contributed by atoms with Gasteiger partial charge < -0.3 is 9.84 Å². The lowest BCUT2D eigenvalue weighted by atomic mass is 9.49. The average molecular weight is 777 g/mol. The molecule has 0 aromatic heterocycles. The normalized spacial score (nSPS) is 25.2. The second kappa shape index (κ2) is 14.4. The molecule has 2 aliphatic carbocycles. The van der Waals surface area contributed by atoms with E-state index in [0.717, 1.165) is 11.1 Å². The molecule has 10 heteroatoms. The fourth-order valence-electron chi connectivity index (χ4n) is 9.81. The molecule has 57 heavy (non-hydrogen) atoms. The van der Waals surface area contributed by atoms with Crippen LogP contribution in [0, 0.1) is 23.7 Å². The van der Waals surface area contributed by atoms with Gasteiger partial charge in [-0.05, 0) is 84.5 Å². The van der Waals surface area contributed by atoms with Gasteiger partial charge in [0.1, 0.15) is 12.4 Å². The van der Waals surface area contributed by atoms with Crippen molar-refractivity contribution in [2.75, 3.05) is 23.0 Å². The summed E-state index contributed by atoms with van der Waals surface area (Å²) in [6.07, 6.45) is 2.45. The number of fused-ring (bicyclic) bond motifs is 4. The van der Waals surface area contributed by atoms with Gasteiger partial charge in [0.15, 0.2) is 5.78 Å². The Bertz CT molecular complexity index is 2450. The minimum Gasteiger partial charge on any atom is -0.491 e. The van der Waals surface area contributed by atoms with E-state index >= 15 is 4.79 Å². The van der Waals surface area contributed by atoms with Gasteiger partial charge in [0.05, 0.1) is 41.2 Å². The SMILES string of the molecule is O=C(c1ccccc1)c1ccc(N2C(=O)[C@H]3[C@H](CC=C4[C@H]3C[C@H]3C(=O)N(c5cccc(Cl)c5)C(=O)[C@@]3(c3ccccc3)[C@H]4c3ccc(OCCO)cc3)C2=O)cc1. The third-order valence-corrected chi connectivity index (χ3v) is 12.4. The Hall–Kier alpha value is -6.16. The summed E-state index contributed by atoms with van der Waals surface area (Å²) in [5.74, 6) is -4.73. The van der Waals surface area contributed by atoms with Crippen molar-refractivity contribution in [1.82, 2.24) is 0 Å². The molecular weight excluding hydrogens is 740 g/mol. The molecule has 3 fully saturated rings. The molecule has 0 spiro atoms. The van der Waals surface area contributed by atoms with Gasteiger partial charge in [-0.3, -0.25) is 28.9 Å². The first-order chi connectivity index (χ1) is 27.7. The molecule has 2 saturated heterocycles. The van der Waals surface area contributed by atoms with E-state index < -0.39 is 46.8 Å². The highest BCUT2D eigenvalue weighted by molar-refractivity contribution is 6.32. The van der Waals surface area contributed by atoms with Crippen LogP contribution in [0.1, 0.15) is 45.8 Å². The maximum Gasteiger partial charge on any atom is 0.246 e. The molecule has 9 nitrogen and oxygen atoms in total. The number of aliphatic hydroxyl groups excluding tert-OH is 1. The van der Waals surface area contributed by atoms with Crippen molar-refractivity contribution >= 4 is 52.4 Å². The number of halogens is 1. The number of benzene rings is 5. The number of carbonyl (C=O) groups excluding carboxylic acids is 5. The Labute approximate surface area is 334 Å². The second-order valence-electron chi connectivity index (χ2n) is 15.0. The molecule has 4 aliphatic rings. The largest absolute Gasteiger partial charge is 0.491 e. The molecule has 4 amide bonds. The van der Waals surface area contributed by atoms with Crippen molar-refractivity contribution in [2.45, 2.75) is 24.2 Å². The van der Waals surface area contributed by atoms with Crippen LogP contribution in [-0.4, -0.2) is 47.7 Å². The Balaban J connectivity index is 1.16. The minimum atomic E-state index is -1.41. The molecular formula is C47H37ClN2O7. The van der Waals surface area contributed by atoms with Gasteiger partial charge >= 0.3 is 0 Å². The van der Waals surface area contributed by atoms with Gasteiger partial charge in [-0.15, -0.1) is 0 Å². The first-order valence-electron chi connectivity index (χ1n) is 19.0. The molecule has 0 unspecified atom stereocenters. The standard InChI is InChI=1S/C47H37ClN2O7/c48-32-12-7-13-34(26-32)50-44(54)39-27-38-36(41(28-16-20-35(21-17-28)57-25-24-51)47(39,46(50)56)31-10-5-2-6-11-31)22-23-37-40(38)45(55)49(43(37)53)33-18-14-30(15-19-33)42(52)29-8-3-1-4-9-29/h1-22,26,37-41,51H,23-25,27H2/t37-,38+,39-,40-,41-,47+/m0/s1. The van der Waals surface area contributed by atoms with Crippen molar-refractivity contribution in [1.29, 1.82) is 0 Å². The number of aliphatic hydroxyl groups is 1. The topological polar surface area (TPSA) is 121 Å². The molecule has 2 heterocycles. The van der Waals surface area contributed by atoms with E-state index in [1.54, 1.807) is 84.9 Å². The summed E-state index contributed by atoms with van der Waals surface area (Å²) in [5.41, 5.74) is 2.53. The smallest absolute Gasteiger partial charge is 0.246 e. The van der Waals surface area contributed by atoms with Crippen LogP contribution in [0.25, 0.3) is 0 Å². The Morgan fingerprint density at radius 3 is 2.09 bits per heavy atom. The lowest BCUT2D eigenvalue weighted by Crippen LogP contribution is -2.53. The van der Waals surface area contributed by atoms with Crippen LogP contribution in [0.5, 0.6) is 5.75 Å². The summed E-state index contributed by atoms with van der Waals surface area (Å²) >= 11 is 6.43. The van der Waals surface area contributed by atoms with E-state index in [9.17, 15) is 24.3 Å². The van der Waals surface area contributed by atoms with E-state index in [4.69, 9.17) is 16.3 Å². The lowest BCUT2D eigenvalue weighted by Gasteiger charge is -2.50. The monoisotopic (exact) mass is 776 g/mol. The molecule has 284 valence electrons. The average Bonchev–Trinajstić information content (AvgIpc) is 3.64. The van der Waals surface area contributed by atoms with Crippen molar-refractivity contribution in [3.8, 4) is 5.75 Å². The van der Waals surface area contributed by atoms with E-state index in [-0.39, 0.29) is 43.7 Å². The third kappa shape index (κ3) is 5.75. The summed E-state index contributed by atoms with van der Waals surface area (Å²) in [6, 6.07) is 38.7. The first kappa shape index (κ1) is 36.5. The predicted molar refractivity (Wildman–Crippen MR) is 214 cm³/mol. The summed E-state index contributed by atoms with van der Waals surface area (Å²) in [4.78, 5) is 75.1. The van der Waals surface area contributed by atoms with Crippen LogP contribution in [0.15, 0.2) is 145 Å². The number of ether oxygens (including phenoxy) is 1. The highest BCUT2D eigenvalue weighted by Gasteiger charge is 2.70. The number of rotatable bonds is 9. The van der Waals surface area contributed by atoms with Gasteiger partial charge in [-0.25, -0.2) is 4.90 Å². The van der Waals surface area contributed by atoms with Crippen LogP contribution in [0.2, 0.25) is 5.02 Å². The van der Waals surface area contributed by atoms with Gasteiger partial charge in [0.25, 0.3) is 0 Å². The highest BCUT2D eigenvalue weighted by Crippen LogP contribution is 2.64. The quantitative estimate of drug-likeness (QED) is 0.0947. The summed E-state index contributed by atoms with van der Waals surface area (Å²) in [5, 5.41) is 9.74. The maximum absolute atomic E-state index is 15.4. The highest BCUT2D eigenvalue weighted by atomic mass is 35.5. The fraction of sp³-hybridized carbons (Fsp3) is 0.213. The number of hydrogen-bond acceptors (Lipinski definition) is 7. The van der Waals surface area contributed by atoms with Gasteiger partial charge in [-0.1, -0.05) is 102 Å². The number of allylic oxidation sites excluding steroid dienone is 2. The van der Waals surface area contributed by atoms with Crippen molar-refractivity contribution in [2.24, 2.45) is 23.7 Å². The Morgan fingerprint density at radius 2 is 1.40 bits per heavy atom. The number of ketones is 1. The number of carbonyl (C=O) groups is 5. The van der Waals surface area contributed by atoms with Crippen LogP contribution in [0.3, 0.4) is 0 Å². The Kier molecular flexibility index (Phi) is 9.22. The molecule has 1 saturated carbocycles. The van der Waals surface area contributed by atoms with E-state index in [0.29, 0.717) is 38.8 Å². The lowest BCUT2D eigenvalue weighted by molar-refractivity contribution is -0.127. The third-order valence-electron chi connectivity index (χ3n) is 12.2. The molecule has 1 N–H and O–H groups in total. The molecule has 0 radical (unpaired) electrons. The molecule has 0 bridgehead atoms. The molecule has 2 aliphatic heterocycles. The van der Waals surface area contributed by atoms with Crippen molar-refractivity contribution in [3.63, 3.8) is 0 Å². The van der Waals surface area contributed by atoms with Crippen molar-refractivity contribution < 1.29 is 33.8 Å². The van der Waals surface area contributed by atoms with Crippen LogP contribution >= 0.6 is 11.6 Å². The van der Waals surface area contributed by atoms with E-state index in [1.165, 1.54) is 9.80 Å². The van der Waals surface area contributed by atoms with Gasteiger partial charge in [0, 0.05) is 22.1 Å². The van der Waals surface area contributed by atoms with Gasteiger partial charge in [0.2, 0.25) is 23.6 Å².